The van der Waals surface area contributed by atoms with Gasteiger partial charge in [-0.05, 0) is 30.5 Å². The van der Waals surface area contributed by atoms with E-state index < -0.39 is 0 Å². The standard InChI is InChI=1S/C11H15N3O.CH4/c1-8-5-4-6-9(2)11(8)15-7-10(3)13-14-12;/h4-6,10H,7H2,1-3H3;1H4. The van der Waals surface area contributed by atoms with E-state index in [9.17, 15) is 0 Å². The van der Waals surface area contributed by atoms with Gasteiger partial charge in [0.1, 0.15) is 5.75 Å². The highest BCUT2D eigenvalue weighted by Gasteiger charge is 2.05. The van der Waals surface area contributed by atoms with Gasteiger partial charge in [-0.3, -0.25) is 0 Å². The summed E-state index contributed by atoms with van der Waals surface area (Å²) in [5.41, 5.74) is 10.4. The van der Waals surface area contributed by atoms with Crippen molar-refractivity contribution in [3.63, 3.8) is 0 Å². The summed E-state index contributed by atoms with van der Waals surface area (Å²) in [6.07, 6.45) is 0. The molecule has 0 aromatic heterocycles. The summed E-state index contributed by atoms with van der Waals surface area (Å²) in [5.74, 6) is 0.887. The molecule has 0 bridgehead atoms. The lowest BCUT2D eigenvalue weighted by molar-refractivity contribution is 0.292. The molecule has 0 radical (unpaired) electrons. The lowest BCUT2D eigenvalue weighted by atomic mass is 10.1. The lowest BCUT2D eigenvalue weighted by Gasteiger charge is -2.13. The average molecular weight is 221 g/mol. The van der Waals surface area contributed by atoms with E-state index in [-0.39, 0.29) is 13.5 Å². The highest BCUT2D eigenvalue weighted by atomic mass is 16.5. The SMILES string of the molecule is C.Cc1cccc(C)c1OCC(C)N=[N+]=[N-]. The molecule has 4 heteroatoms. The summed E-state index contributed by atoms with van der Waals surface area (Å²) in [5, 5.41) is 3.55. The molecule has 88 valence electrons. The normalized spacial score (nSPS) is 10.9. The predicted octanol–water partition coefficient (Wildman–Crippen LogP) is 4.02. The van der Waals surface area contributed by atoms with Crippen molar-refractivity contribution in [1.29, 1.82) is 0 Å². The van der Waals surface area contributed by atoms with E-state index in [0.717, 1.165) is 16.9 Å². The first kappa shape index (κ1) is 14.3. The van der Waals surface area contributed by atoms with E-state index >= 15 is 0 Å². The van der Waals surface area contributed by atoms with Gasteiger partial charge in [-0.2, -0.15) is 0 Å². The molecule has 0 aliphatic rings. The number of aryl methyl sites for hydroxylation is 2. The van der Waals surface area contributed by atoms with Gasteiger partial charge in [0, 0.05) is 4.91 Å². The fourth-order valence-electron chi connectivity index (χ4n) is 1.35. The van der Waals surface area contributed by atoms with E-state index in [1.165, 1.54) is 0 Å². The Labute approximate surface area is 96.9 Å². The van der Waals surface area contributed by atoms with Crippen LogP contribution in [0.1, 0.15) is 25.5 Å². The second-order valence-electron chi connectivity index (χ2n) is 3.59. The predicted molar refractivity (Wildman–Crippen MR) is 66.8 cm³/mol. The molecule has 0 saturated carbocycles. The van der Waals surface area contributed by atoms with Gasteiger partial charge in [0.25, 0.3) is 0 Å². The van der Waals surface area contributed by atoms with Gasteiger partial charge < -0.3 is 4.74 Å². The fourth-order valence-corrected chi connectivity index (χ4v) is 1.35. The minimum absolute atomic E-state index is 0. The van der Waals surface area contributed by atoms with Crippen LogP contribution in [0.15, 0.2) is 23.3 Å². The van der Waals surface area contributed by atoms with Crippen LogP contribution in [0, 0.1) is 13.8 Å². The van der Waals surface area contributed by atoms with Crippen molar-refractivity contribution in [1.82, 2.24) is 0 Å². The Kier molecular flexibility index (Phi) is 6.04. The molecule has 16 heavy (non-hydrogen) atoms. The zero-order valence-corrected chi connectivity index (χ0v) is 9.27. The number of azide groups is 1. The van der Waals surface area contributed by atoms with Crippen molar-refractivity contribution in [2.75, 3.05) is 6.61 Å². The first-order valence-electron chi connectivity index (χ1n) is 4.88. The lowest BCUT2D eigenvalue weighted by Crippen LogP contribution is -2.12. The third-order valence-electron chi connectivity index (χ3n) is 2.13. The Hall–Kier alpha value is -1.67. The summed E-state index contributed by atoms with van der Waals surface area (Å²) >= 11 is 0. The van der Waals surface area contributed by atoms with E-state index in [2.05, 4.69) is 10.0 Å². The number of hydrogen-bond donors (Lipinski definition) is 0. The number of nitrogens with zero attached hydrogens (tertiary/aromatic N) is 3. The van der Waals surface area contributed by atoms with Crippen LogP contribution in [0.5, 0.6) is 5.75 Å². The highest BCUT2D eigenvalue weighted by Crippen LogP contribution is 2.22. The maximum Gasteiger partial charge on any atom is 0.125 e. The van der Waals surface area contributed by atoms with Gasteiger partial charge in [-0.15, -0.1) is 0 Å². The molecule has 0 aliphatic heterocycles. The molecule has 0 N–H and O–H groups in total. The van der Waals surface area contributed by atoms with Gasteiger partial charge in [0.15, 0.2) is 0 Å². The summed E-state index contributed by atoms with van der Waals surface area (Å²) in [6.45, 7) is 6.24. The van der Waals surface area contributed by atoms with Crippen molar-refractivity contribution in [3.05, 3.63) is 39.8 Å². The summed E-state index contributed by atoms with van der Waals surface area (Å²) in [6, 6.07) is 5.85. The van der Waals surface area contributed by atoms with Crippen LogP contribution >= 0.6 is 0 Å². The molecule has 0 fully saturated rings. The summed E-state index contributed by atoms with van der Waals surface area (Å²) < 4.78 is 5.62. The number of hydrogen-bond acceptors (Lipinski definition) is 2. The highest BCUT2D eigenvalue weighted by molar-refractivity contribution is 5.39. The number of para-hydroxylation sites is 1. The van der Waals surface area contributed by atoms with Crippen molar-refractivity contribution < 1.29 is 4.74 Å². The minimum Gasteiger partial charge on any atom is -0.493 e. The Bertz CT molecular complexity index is 364. The van der Waals surface area contributed by atoms with Crippen molar-refractivity contribution in [2.45, 2.75) is 34.2 Å². The molecule has 1 unspecified atom stereocenters. The quantitative estimate of drug-likeness (QED) is 0.430. The molecular weight excluding hydrogens is 202 g/mol. The molecular formula is C12H19N3O. The first-order valence-corrected chi connectivity index (χ1v) is 4.88. The van der Waals surface area contributed by atoms with E-state index in [4.69, 9.17) is 10.3 Å². The molecule has 0 saturated heterocycles. The van der Waals surface area contributed by atoms with Crippen LogP contribution in [0.2, 0.25) is 0 Å². The van der Waals surface area contributed by atoms with Gasteiger partial charge in [-0.1, -0.05) is 37.7 Å². The van der Waals surface area contributed by atoms with Gasteiger partial charge >= 0.3 is 0 Å². The van der Waals surface area contributed by atoms with Crippen LogP contribution in [0.4, 0.5) is 0 Å². The first-order chi connectivity index (χ1) is 7.15. The zero-order valence-electron chi connectivity index (χ0n) is 9.27. The largest absolute Gasteiger partial charge is 0.493 e. The fraction of sp³-hybridized carbons (Fsp3) is 0.500. The third kappa shape index (κ3) is 3.83. The zero-order chi connectivity index (χ0) is 11.3. The smallest absolute Gasteiger partial charge is 0.125 e. The number of rotatable bonds is 4. The number of ether oxygens (including phenoxy) is 1. The Morgan fingerprint density at radius 3 is 2.44 bits per heavy atom. The maximum absolute atomic E-state index is 8.25. The molecule has 1 aromatic rings. The molecule has 4 nitrogen and oxygen atoms in total. The second-order valence-corrected chi connectivity index (χ2v) is 3.59. The second kappa shape index (κ2) is 6.75. The van der Waals surface area contributed by atoms with Crippen LogP contribution in [-0.2, 0) is 0 Å². The molecule has 1 rings (SSSR count). The van der Waals surface area contributed by atoms with E-state index in [0.29, 0.717) is 6.61 Å². The van der Waals surface area contributed by atoms with E-state index in [1.54, 1.807) is 0 Å². The van der Waals surface area contributed by atoms with E-state index in [1.807, 2.05) is 39.0 Å². The monoisotopic (exact) mass is 221 g/mol. The van der Waals surface area contributed by atoms with Gasteiger partial charge in [0.05, 0.1) is 12.6 Å². The minimum atomic E-state index is -0.144. The third-order valence-corrected chi connectivity index (χ3v) is 2.13. The van der Waals surface area contributed by atoms with Crippen molar-refractivity contribution in [2.24, 2.45) is 5.11 Å². The molecule has 0 spiro atoms. The molecule has 0 heterocycles. The van der Waals surface area contributed by atoms with Crippen molar-refractivity contribution in [3.8, 4) is 5.75 Å². The van der Waals surface area contributed by atoms with Crippen LogP contribution in [0.3, 0.4) is 0 Å². The number of benzene rings is 1. The van der Waals surface area contributed by atoms with Gasteiger partial charge in [0.2, 0.25) is 0 Å². The van der Waals surface area contributed by atoms with Gasteiger partial charge in [-0.25, -0.2) is 0 Å². The molecule has 0 aliphatic carbocycles. The molecule has 1 aromatic carbocycles. The summed E-state index contributed by atoms with van der Waals surface area (Å²) in [7, 11) is 0. The Morgan fingerprint density at radius 1 is 1.38 bits per heavy atom. The average Bonchev–Trinajstić information content (AvgIpc) is 2.17. The van der Waals surface area contributed by atoms with Crippen LogP contribution in [0.25, 0.3) is 10.4 Å². The Balaban J connectivity index is 0.00000225. The van der Waals surface area contributed by atoms with Crippen LogP contribution in [-0.4, -0.2) is 12.6 Å². The molecule has 0 amide bonds. The summed E-state index contributed by atoms with van der Waals surface area (Å²) in [4.78, 5) is 2.74. The Morgan fingerprint density at radius 2 is 1.94 bits per heavy atom. The molecule has 1 atom stereocenters. The van der Waals surface area contributed by atoms with Crippen LogP contribution < -0.4 is 4.74 Å². The van der Waals surface area contributed by atoms with Crippen molar-refractivity contribution >= 4 is 0 Å². The maximum atomic E-state index is 8.25. The topological polar surface area (TPSA) is 58.0 Å².